The number of carbonyl (C=O) groups excluding carboxylic acids is 3. The maximum atomic E-state index is 12.8. The summed E-state index contributed by atoms with van der Waals surface area (Å²) in [6.07, 6.45) is 3.37. The van der Waals surface area contributed by atoms with Gasteiger partial charge in [-0.1, -0.05) is 30.3 Å². The lowest BCUT2D eigenvalue weighted by Gasteiger charge is -2.27. The molecule has 1 aliphatic rings. The Bertz CT molecular complexity index is 1040. The molecule has 1 fully saturated rings. The van der Waals surface area contributed by atoms with Crippen LogP contribution in [-0.4, -0.2) is 60.2 Å². The second-order valence-corrected chi connectivity index (χ2v) is 6.95. The summed E-state index contributed by atoms with van der Waals surface area (Å²) >= 11 is 0. The molecule has 0 radical (unpaired) electrons. The number of hydrazone groups is 1. The number of ether oxygens (including phenoxy) is 1. The highest BCUT2D eigenvalue weighted by Gasteiger charge is 2.22. The van der Waals surface area contributed by atoms with Crippen LogP contribution >= 0.6 is 0 Å². The van der Waals surface area contributed by atoms with Crippen molar-refractivity contribution in [3.05, 3.63) is 71.8 Å². The van der Waals surface area contributed by atoms with Crippen molar-refractivity contribution < 1.29 is 24.2 Å². The van der Waals surface area contributed by atoms with E-state index in [2.05, 4.69) is 22.4 Å². The molecule has 9 heteroatoms. The lowest BCUT2D eigenvalue weighted by molar-refractivity contribution is -0.136. The fourth-order valence-electron chi connectivity index (χ4n) is 3.14. The highest BCUT2D eigenvalue weighted by atomic mass is 16.5. The van der Waals surface area contributed by atoms with Gasteiger partial charge in [-0.25, -0.2) is 5.43 Å². The molecule has 0 atom stereocenters. The normalized spacial score (nSPS) is 13.6. The average molecular weight is 436 g/mol. The Morgan fingerprint density at radius 3 is 2.59 bits per heavy atom. The van der Waals surface area contributed by atoms with Gasteiger partial charge in [-0.15, -0.1) is 6.58 Å². The summed E-state index contributed by atoms with van der Waals surface area (Å²) < 4.78 is 5.26. The number of carbonyl (C=O) groups is 3. The van der Waals surface area contributed by atoms with Gasteiger partial charge >= 0.3 is 11.8 Å². The van der Waals surface area contributed by atoms with E-state index in [0.717, 1.165) is 0 Å². The van der Waals surface area contributed by atoms with Crippen LogP contribution in [0, 0.1) is 0 Å². The van der Waals surface area contributed by atoms with Crippen molar-refractivity contribution in [1.82, 2.24) is 10.3 Å². The Morgan fingerprint density at radius 1 is 1.09 bits per heavy atom. The number of aromatic hydroxyl groups is 1. The number of morpholine rings is 1. The Kier molecular flexibility index (Phi) is 7.71. The minimum Gasteiger partial charge on any atom is -0.507 e. The van der Waals surface area contributed by atoms with Gasteiger partial charge in [0.25, 0.3) is 5.91 Å². The van der Waals surface area contributed by atoms with Crippen LogP contribution in [0.4, 0.5) is 5.69 Å². The monoisotopic (exact) mass is 436 g/mol. The smallest absolute Gasteiger partial charge is 0.329 e. The maximum absolute atomic E-state index is 12.8. The van der Waals surface area contributed by atoms with Crippen LogP contribution in [0.5, 0.6) is 5.75 Å². The number of nitrogens with zero attached hydrogens (tertiary/aromatic N) is 2. The highest BCUT2D eigenvalue weighted by molar-refractivity contribution is 6.40. The summed E-state index contributed by atoms with van der Waals surface area (Å²) in [5, 5.41) is 16.4. The third kappa shape index (κ3) is 5.58. The molecule has 166 valence electrons. The fraction of sp³-hybridized carbons (Fsp3) is 0.217. The molecule has 1 heterocycles. The van der Waals surface area contributed by atoms with E-state index >= 15 is 0 Å². The first-order valence-electron chi connectivity index (χ1n) is 10.0. The van der Waals surface area contributed by atoms with Gasteiger partial charge in [-0.2, -0.15) is 5.10 Å². The van der Waals surface area contributed by atoms with Crippen molar-refractivity contribution in [1.29, 1.82) is 0 Å². The molecular formula is C23H24N4O5. The summed E-state index contributed by atoms with van der Waals surface area (Å²) in [5.74, 6) is -2.23. The van der Waals surface area contributed by atoms with Gasteiger partial charge < -0.3 is 20.1 Å². The Labute approximate surface area is 185 Å². The predicted octanol–water partition coefficient (Wildman–Crippen LogP) is 1.68. The third-order valence-electron chi connectivity index (χ3n) is 4.79. The van der Waals surface area contributed by atoms with E-state index in [1.165, 1.54) is 6.21 Å². The van der Waals surface area contributed by atoms with Crippen LogP contribution < -0.4 is 10.7 Å². The minimum atomic E-state index is -1.02. The molecule has 0 spiro atoms. The number of benzene rings is 2. The largest absolute Gasteiger partial charge is 0.507 e. The summed E-state index contributed by atoms with van der Waals surface area (Å²) in [6.45, 7) is 5.45. The average Bonchev–Trinajstić information content (AvgIpc) is 2.82. The zero-order valence-corrected chi connectivity index (χ0v) is 17.4. The van der Waals surface area contributed by atoms with E-state index in [1.807, 2.05) is 0 Å². The van der Waals surface area contributed by atoms with E-state index < -0.39 is 11.8 Å². The van der Waals surface area contributed by atoms with E-state index in [9.17, 15) is 19.5 Å². The van der Waals surface area contributed by atoms with Crippen LogP contribution in [0.2, 0.25) is 0 Å². The number of para-hydroxylation sites is 2. The van der Waals surface area contributed by atoms with E-state index in [4.69, 9.17) is 4.74 Å². The quantitative estimate of drug-likeness (QED) is 0.275. The molecule has 1 saturated heterocycles. The van der Waals surface area contributed by atoms with Crippen LogP contribution in [0.3, 0.4) is 0 Å². The summed E-state index contributed by atoms with van der Waals surface area (Å²) in [4.78, 5) is 38.9. The molecule has 0 bridgehead atoms. The lowest BCUT2D eigenvalue weighted by atomic mass is 10.1. The molecule has 3 N–H and O–H groups in total. The van der Waals surface area contributed by atoms with Gasteiger partial charge in [0.2, 0.25) is 0 Å². The molecule has 0 unspecified atom stereocenters. The molecule has 32 heavy (non-hydrogen) atoms. The molecular weight excluding hydrogens is 412 g/mol. The second kappa shape index (κ2) is 10.9. The molecule has 2 aromatic carbocycles. The van der Waals surface area contributed by atoms with Gasteiger partial charge in [0, 0.05) is 18.7 Å². The fourth-order valence-corrected chi connectivity index (χ4v) is 3.14. The van der Waals surface area contributed by atoms with E-state index in [-0.39, 0.29) is 22.9 Å². The zero-order valence-electron chi connectivity index (χ0n) is 17.4. The number of nitrogens with one attached hydrogen (secondary N) is 2. The van der Waals surface area contributed by atoms with E-state index in [0.29, 0.717) is 43.9 Å². The number of anilines is 1. The number of hydrogen-bond donors (Lipinski definition) is 3. The molecule has 3 amide bonds. The Balaban J connectivity index is 1.64. The van der Waals surface area contributed by atoms with Gasteiger partial charge in [-0.05, 0) is 30.2 Å². The summed E-state index contributed by atoms with van der Waals surface area (Å²) in [7, 11) is 0. The van der Waals surface area contributed by atoms with Crippen molar-refractivity contribution >= 4 is 29.6 Å². The summed E-state index contributed by atoms with van der Waals surface area (Å²) in [6, 6.07) is 11.6. The number of allylic oxidation sites excluding steroid dienone is 1. The van der Waals surface area contributed by atoms with Crippen molar-refractivity contribution in [3.63, 3.8) is 0 Å². The van der Waals surface area contributed by atoms with E-state index in [1.54, 1.807) is 53.4 Å². The van der Waals surface area contributed by atoms with Crippen molar-refractivity contribution in [3.8, 4) is 5.75 Å². The molecule has 3 rings (SSSR count). The number of rotatable bonds is 6. The SMILES string of the molecule is C=CCc1cccc(C=NNC(=O)C(=O)Nc2ccccc2C(=O)N2CCOCC2)c1O. The third-order valence-corrected chi connectivity index (χ3v) is 4.79. The topological polar surface area (TPSA) is 120 Å². The molecule has 0 aromatic heterocycles. The van der Waals surface area contributed by atoms with Crippen LogP contribution in [0.25, 0.3) is 0 Å². The molecule has 9 nitrogen and oxygen atoms in total. The maximum Gasteiger partial charge on any atom is 0.329 e. The minimum absolute atomic E-state index is 0.0189. The van der Waals surface area contributed by atoms with Gasteiger partial charge in [0.1, 0.15) is 5.75 Å². The number of phenolic OH excluding ortho intramolecular Hbond substituents is 1. The number of amides is 3. The molecule has 0 saturated carbocycles. The van der Waals surface area contributed by atoms with Crippen LogP contribution in [0.15, 0.2) is 60.2 Å². The molecule has 0 aliphatic carbocycles. The first-order chi connectivity index (χ1) is 15.5. The van der Waals surface area contributed by atoms with Crippen molar-refractivity contribution in [2.45, 2.75) is 6.42 Å². The highest BCUT2D eigenvalue weighted by Crippen LogP contribution is 2.21. The van der Waals surface area contributed by atoms with Crippen molar-refractivity contribution in [2.75, 3.05) is 31.6 Å². The predicted molar refractivity (Wildman–Crippen MR) is 120 cm³/mol. The van der Waals surface area contributed by atoms with Gasteiger partial charge in [-0.3, -0.25) is 14.4 Å². The first-order valence-corrected chi connectivity index (χ1v) is 10.0. The molecule has 2 aromatic rings. The standard InChI is InChI=1S/C23H24N4O5/c1-2-6-16-7-5-8-17(20(16)28)15-24-26-22(30)21(29)25-19-10-4-3-9-18(19)23(31)27-11-13-32-14-12-27/h2-5,7-10,15,28H,1,6,11-14H2,(H,25,29)(H,26,30). The zero-order chi connectivity index (χ0) is 22.9. The van der Waals surface area contributed by atoms with Crippen LogP contribution in [0.1, 0.15) is 21.5 Å². The van der Waals surface area contributed by atoms with Gasteiger partial charge in [0.05, 0.1) is 30.7 Å². The number of hydrogen-bond acceptors (Lipinski definition) is 6. The Hall–Kier alpha value is -3.98. The first kappa shape index (κ1) is 22.7. The summed E-state index contributed by atoms with van der Waals surface area (Å²) in [5.41, 5.74) is 3.67. The lowest BCUT2D eigenvalue weighted by Crippen LogP contribution is -2.41. The van der Waals surface area contributed by atoms with Gasteiger partial charge in [0.15, 0.2) is 0 Å². The molecule has 1 aliphatic heterocycles. The number of phenols is 1. The van der Waals surface area contributed by atoms with Crippen LogP contribution in [-0.2, 0) is 20.7 Å². The van der Waals surface area contributed by atoms with Crippen molar-refractivity contribution in [2.24, 2.45) is 5.10 Å². The second-order valence-electron chi connectivity index (χ2n) is 6.95. The Morgan fingerprint density at radius 2 is 1.84 bits per heavy atom.